The Morgan fingerprint density at radius 1 is 1.47 bits per heavy atom. The Bertz CT molecular complexity index is 228. The molecule has 0 aromatic carbocycles. The molecule has 2 N–H and O–H groups in total. The number of nitrogens with two attached hydrogens (primary N) is 1. The maximum atomic E-state index is 11.9. The molecule has 4 heteroatoms. The number of hydrogen-bond acceptors (Lipinski definition) is 3. The van der Waals surface area contributed by atoms with E-state index in [0.717, 1.165) is 19.5 Å². The lowest BCUT2D eigenvalue weighted by Crippen LogP contribution is -2.46. The van der Waals surface area contributed by atoms with Crippen molar-refractivity contribution in [3.05, 3.63) is 0 Å². The van der Waals surface area contributed by atoms with Crippen LogP contribution in [0.15, 0.2) is 0 Å². The molecule has 0 aliphatic carbocycles. The molecule has 0 aromatic rings. The highest BCUT2D eigenvalue weighted by Crippen LogP contribution is 2.15. The molecule has 2 atom stereocenters. The smallest absolute Gasteiger partial charge is 0.239 e. The van der Waals surface area contributed by atoms with Crippen LogP contribution in [0.25, 0.3) is 0 Å². The number of carbonyl (C=O) groups excluding carboxylic acids is 1. The minimum Gasteiger partial charge on any atom is -0.340 e. The summed E-state index contributed by atoms with van der Waals surface area (Å²) in [6, 6.07) is 0.152. The van der Waals surface area contributed by atoms with Gasteiger partial charge in [0.1, 0.15) is 0 Å². The summed E-state index contributed by atoms with van der Waals surface area (Å²) in [6.07, 6.45) is 1.06. The quantitative estimate of drug-likeness (QED) is 0.725. The molecule has 1 heterocycles. The van der Waals surface area contributed by atoms with Gasteiger partial charge in [-0.25, -0.2) is 0 Å². The first-order valence-corrected chi connectivity index (χ1v) is 5.64. The summed E-state index contributed by atoms with van der Waals surface area (Å²) in [5, 5.41) is 0. The second kappa shape index (κ2) is 4.94. The van der Waals surface area contributed by atoms with Crippen LogP contribution in [-0.4, -0.2) is 55.0 Å². The van der Waals surface area contributed by atoms with E-state index >= 15 is 0 Å². The highest BCUT2D eigenvalue weighted by atomic mass is 16.2. The third-order valence-corrected chi connectivity index (χ3v) is 3.21. The molecule has 0 spiro atoms. The fraction of sp³-hybridized carbons (Fsp3) is 0.909. The fourth-order valence-electron chi connectivity index (χ4n) is 1.86. The maximum absolute atomic E-state index is 11.9. The molecule has 88 valence electrons. The van der Waals surface area contributed by atoms with Gasteiger partial charge in [-0.05, 0) is 26.4 Å². The Kier molecular flexibility index (Phi) is 4.11. The molecule has 0 bridgehead atoms. The van der Waals surface area contributed by atoms with Crippen LogP contribution in [-0.2, 0) is 4.79 Å². The minimum atomic E-state index is -0.342. The van der Waals surface area contributed by atoms with E-state index in [2.05, 4.69) is 19.0 Å². The lowest BCUT2D eigenvalue weighted by Gasteiger charge is -2.24. The van der Waals surface area contributed by atoms with E-state index in [9.17, 15) is 4.79 Å². The average molecular weight is 213 g/mol. The molecule has 0 radical (unpaired) electrons. The van der Waals surface area contributed by atoms with Crippen LogP contribution in [0.1, 0.15) is 20.3 Å². The van der Waals surface area contributed by atoms with E-state index in [1.54, 1.807) is 0 Å². The van der Waals surface area contributed by atoms with Crippen LogP contribution in [0.3, 0.4) is 0 Å². The predicted octanol–water partition coefficient (Wildman–Crippen LogP) is 0.132. The standard InChI is InChI=1S/C11H23N3O/c1-8(2)10(12)11(15)14-6-5-9(7-14)13(3)4/h8-10H,5-7,12H2,1-4H3/t9-,10?/m0/s1. The first-order chi connectivity index (χ1) is 6.93. The van der Waals surface area contributed by atoms with Crippen LogP contribution in [0.5, 0.6) is 0 Å². The van der Waals surface area contributed by atoms with Gasteiger partial charge in [0.2, 0.25) is 5.91 Å². The zero-order chi connectivity index (χ0) is 11.6. The SMILES string of the molecule is CC(C)C(N)C(=O)N1CC[C@H](N(C)C)C1. The van der Waals surface area contributed by atoms with Crippen LogP contribution < -0.4 is 5.73 Å². The van der Waals surface area contributed by atoms with E-state index in [4.69, 9.17) is 5.73 Å². The van der Waals surface area contributed by atoms with Gasteiger partial charge in [0, 0.05) is 19.1 Å². The lowest BCUT2D eigenvalue weighted by molar-refractivity contribution is -0.132. The number of likely N-dealkylation sites (N-methyl/N-ethyl adjacent to an activating group) is 1. The molecule has 1 rings (SSSR count). The Morgan fingerprint density at radius 3 is 2.47 bits per heavy atom. The third-order valence-electron chi connectivity index (χ3n) is 3.21. The Morgan fingerprint density at radius 2 is 2.07 bits per heavy atom. The maximum Gasteiger partial charge on any atom is 0.239 e. The molecule has 1 amide bonds. The van der Waals surface area contributed by atoms with Crippen molar-refractivity contribution in [2.45, 2.75) is 32.4 Å². The topological polar surface area (TPSA) is 49.6 Å². The van der Waals surface area contributed by atoms with Crippen molar-refractivity contribution in [2.75, 3.05) is 27.2 Å². The molecule has 4 nitrogen and oxygen atoms in total. The van der Waals surface area contributed by atoms with Crippen molar-refractivity contribution in [3.63, 3.8) is 0 Å². The number of hydrogen-bond donors (Lipinski definition) is 1. The average Bonchev–Trinajstić information content (AvgIpc) is 2.64. The van der Waals surface area contributed by atoms with Gasteiger partial charge in [0.05, 0.1) is 6.04 Å². The van der Waals surface area contributed by atoms with Gasteiger partial charge in [0.15, 0.2) is 0 Å². The largest absolute Gasteiger partial charge is 0.340 e. The van der Waals surface area contributed by atoms with Gasteiger partial charge < -0.3 is 15.5 Å². The van der Waals surface area contributed by atoms with E-state index < -0.39 is 0 Å². The zero-order valence-electron chi connectivity index (χ0n) is 10.2. The summed E-state index contributed by atoms with van der Waals surface area (Å²) in [4.78, 5) is 16.0. The highest BCUT2D eigenvalue weighted by molar-refractivity contribution is 5.82. The van der Waals surface area contributed by atoms with Gasteiger partial charge in [0.25, 0.3) is 0 Å². The summed E-state index contributed by atoms with van der Waals surface area (Å²) in [5.74, 6) is 0.324. The van der Waals surface area contributed by atoms with Gasteiger partial charge in [-0.3, -0.25) is 4.79 Å². The van der Waals surface area contributed by atoms with Crippen molar-refractivity contribution in [3.8, 4) is 0 Å². The molecular weight excluding hydrogens is 190 g/mol. The Balaban J connectivity index is 2.50. The van der Waals surface area contributed by atoms with Gasteiger partial charge in [-0.1, -0.05) is 13.8 Å². The normalized spacial score (nSPS) is 23.9. The molecule has 1 saturated heterocycles. The lowest BCUT2D eigenvalue weighted by atomic mass is 10.0. The molecule has 1 aliphatic rings. The molecule has 1 aliphatic heterocycles. The summed E-state index contributed by atoms with van der Waals surface area (Å²) < 4.78 is 0. The molecular formula is C11H23N3O. The molecule has 0 aromatic heterocycles. The van der Waals surface area contributed by atoms with Crippen molar-refractivity contribution in [1.29, 1.82) is 0 Å². The number of likely N-dealkylation sites (tertiary alicyclic amines) is 1. The van der Waals surface area contributed by atoms with Crippen LogP contribution in [0, 0.1) is 5.92 Å². The minimum absolute atomic E-state index is 0.106. The number of amides is 1. The van der Waals surface area contributed by atoms with Gasteiger partial charge in [-0.2, -0.15) is 0 Å². The first-order valence-electron chi connectivity index (χ1n) is 5.64. The second-order valence-corrected chi connectivity index (χ2v) is 4.96. The molecule has 1 unspecified atom stereocenters. The van der Waals surface area contributed by atoms with E-state index in [1.165, 1.54) is 0 Å². The molecule has 1 fully saturated rings. The Hall–Kier alpha value is -0.610. The van der Waals surface area contributed by atoms with Gasteiger partial charge in [-0.15, -0.1) is 0 Å². The van der Waals surface area contributed by atoms with Gasteiger partial charge >= 0.3 is 0 Å². The second-order valence-electron chi connectivity index (χ2n) is 4.96. The monoisotopic (exact) mass is 213 g/mol. The predicted molar refractivity (Wildman–Crippen MR) is 61.5 cm³/mol. The first kappa shape index (κ1) is 12.5. The molecule has 0 saturated carbocycles. The van der Waals surface area contributed by atoms with E-state index in [-0.39, 0.29) is 17.9 Å². The van der Waals surface area contributed by atoms with Crippen LogP contribution in [0.4, 0.5) is 0 Å². The summed E-state index contributed by atoms with van der Waals surface area (Å²) in [7, 11) is 4.11. The zero-order valence-corrected chi connectivity index (χ0v) is 10.2. The summed E-state index contributed by atoms with van der Waals surface area (Å²) in [6.45, 7) is 5.65. The number of carbonyl (C=O) groups is 1. The highest BCUT2D eigenvalue weighted by Gasteiger charge is 2.30. The van der Waals surface area contributed by atoms with E-state index in [0.29, 0.717) is 6.04 Å². The van der Waals surface area contributed by atoms with Crippen molar-refractivity contribution < 1.29 is 4.79 Å². The van der Waals surface area contributed by atoms with E-state index in [1.807, 2.05) is 18.7 Å². The Labute approximate surface area is 92.4 Å². The van der Waals surface area contributed by atoms with Crippen LogP contribution in [0.2, 0.25) is 0 Å². The number of rotatable bonds is 3. The summed E-state index contributed by atoms with van der Waals surface area (Å²) in [5.41, 5.74) is 5.86. The third kappa shape index (κ3) is 2.92. The molecule has 15 heavy (non-hydrogen) atoms. The fourth-order valence-corrected chi connectivity index (χ4v) is 1.86. The van der Waals surface area contributed by atoms with Crippen LogP contribution >= 0.6 is 0 Å². The van der Waals surface area contributed by atoms with Crippen molar-refractivity contribution in [2.24, 2.45) is 11.7 Å². The number of nitrogens with zero attached hydrogens (tertiary/aromatic N) is 2. The summed E-state index contributed by atoms with van der Waals surface area (Å²) >= 11 is 0. The van der Waals surface area contributed by atoms with Crippen molar-refractivity contribution >= 4 is 5.91 Å². The van der Waals surface area contributed by atoms with Crippen molar-refractivity contribution in [1.82, 2.24) is 9.80 Å².